The number of benzene rings is 9. The van der Waals surface area contributed by atoms with Crippen LogP contribution in [0.4, 0.5) is 17.1 Å². The summed E-state index contributed by atoms with van der Waals surface area (Å²) in [6, 6.07) is 75.2. The van der Waals surface area contributed by atoms with Gasteiger partial charge < -0.3 is 9.47 Å². The van der Waals surface area contributed by atoms with Crippen molar-refractivity contribution in [1.29, 1.82) is 0 Å². The summed E-state index contributed by atoms with van der Waals surface area (Å²) in [6.45, 7) is 0. The SMILES string of the molecule is c1ccc(N(c2cccc(-c3cccc(-c4ccc5c6ccccc6n(-c6ccc7ccccc7c6)c5c4)c3)c2)c2ccc3c(c2)sc2ccccc23)cc1. The number of aromatic nitrogens is 1. The van der Waals surface area contributed by atoms with Crippen LogP contribution in [-0.4, -0.2) is 4.57 Å². The van der Waals surface area contributed by atoms with E-state index >= 15 is 0 Å². The van der Waals surface area contributed by atoms with Crippen molar-refractivity contribution in [1.82, 2.24) is 4.57 Å². The number of fused-ring (bicyclic) bond motifs is 7. The maximum Gasteiger partial charge on any atom is 0.0547 e. The molecule has 258 valence electrons. The van der Waals surface area contributed by atoms with Crippen LogP contribution in [0.5, 0.6) is 0 Å². The topological polar surface area (TPSA) is 8.17 Å². The predicted molar refractivity (Wildman–Crippen MR) is 237 cm³/mol. The molecule has 0 aliphatic carbocycles. The van der Waals surface area contributed by atoms with Crippen LogP contribution >= 0.6 is 11.3 Å². The standard InChI is InChI=1S/C52H34N2S/c1-2-17-41(18-3-1)53(44-27-29-48-47-21-7-9-23-51(47)55-52(48)34-44)42-19-11-16-39(32-42)36-14-10-15-37(30-36)40-25-28-46-45-20-6-8-22-49(45)54(50(46)33-40)43-26-24-35-12-4-5-13-38(35)31-43/h1-34H. The lowest BCUT2D eigenvalue weighted by Gasteiger charge is -2.26. The number of para-hydroxylation sites is 2. The highest BCUT2D eigenvalue weighted by Crippen LogP contribution is 2.42. The molecule has 0 saturated carbocycles. The summed E-state index contributed by atoms with van der Waals surface area (Å²) in [5.41, 5.74) is 11.7. The van der Waals surface area contributed by atoms with Crippen LogP contribution in [-0.2, 0) is 0 Å². The third-order valence-electron chi connectivity index (χ3n) is 10.9. The minimum absolute atomic E-state index is 1.12. The van der Waals surface area contributed by atoms with Crippen LogP contribution in [0.15, 0.2) is 206 Å². The molecule has 2 heterocycles. The second-order valence-corrected chi connectivity index (χ2v) is 15.3. The molecule has 3 heteroatoms. The minimum Gasteiger partial charge on any atom is -0.310 e. The highest BCUT2D eigenvalue weighted by atomic mass is 32.1. The molecule has 11 aromatic rings. The molecule has 2 nitrogen and oxygen atoms in total. The number of anilines is 3. The Labute approximate surface area is 323 Å². The number of rotatable bonds is 6. The minimum atomic E-state index is 1.12. The fourth-order valence-electron chi connectivity index (χ4n) is 8.32. The quantitative estimate of drug-likeness (QED) is 0.166. The third-order valence-corrected chi connectivity index (χ3v) is 12.1. The van der Waals surface area contributed by atoms with Gasteiger partial charge in [0.2, 0.25) is 0 Å². The maximum atomic E-state index is 2.42. The summed E-state index contributed by atoms with van der Waals surface area (Å²) in [5, 5.41) is 7.62. The molecule has 0 spiro atoms. The van der Waals surface area contributed by atoms with Crippen LogP contribution in [0.2, 0.25) is 0 Å². The highest BCUT2D eigenvalue weighted by Gasteiger charge is 2.17. The molecule has 55 heavy (non-hydrogen) atoms. The number of nitrogens with zero attached hydrogens (tertiary/aromatic N) is 2. The monoisotopic (exact) mass is 718 g/mol. The van der Waals surface area contributed by atoms with E-state index in [1.165, 1.54) is 80.7 Å². The molecule has 0 atom stereocenters. The van der Waals surface area contributed by atoms with Crippen molar-refractivity contribution < 1.29 is 0 Å². The molecule has 2 aromatic heterocycles. The zero-order valence-electron chi connectivity index (χ0n) is 29.9. The zero-order chi connectivity index (χ0) is 36.3. The molecule has 0 bridgehead atoms. The van der Waals surface area contributed by atoms with E-state index in [-0.39, 0.29) is 0 Å². The first kappa shape index (κ1) is 31.6. The van der Waals surface area contributed by atoms with E-state index in [9.17, 15) is 0 Å². The molecule has 0 aliphatic heterocycles. The van der Waals surface area contributed by atoms with Crippen LogP contribution in [0, 0.1) is 0 Å². The van der Waals surface area contributed by atoms with Crippen molar-refractivity contribution >= 4 is 81.1 Å². The van der Waals surface area contributed by atoms with Gasteiger partial charge in [0.05, 0.1) is 11.0 Å². The fourth-order valence-corrected chi connectivity index (χ4v) is 9.46. The molecule has 0 N–H and O–H groups in total. The zero-order valence-corrected chi connectivity index (χ0v) is 30.7. The molecule has 0 unspecified atom stereocenters. The Morgan fingerprint density at radius 2 is 0.945 bits per heavy atom. The molecule has 0 aliphatic rings. The van der Waals surface area contributed by atoms with Crippen molar-refractivity contribution in [2.24, 2.45) is 0 Å². The van der Waals surface area contributed by atoms with E-state index in [1.807, 2.05) is 11.3 Å². The van der Waals surface area contributed by atoms with Crippen molar-refractivity contribution in [2.75, 3.05) is 4.90 Å². The molecular weight excluding hydrogens is 685 g/mol. The normalized spacial score (nSPS) is 11.6. The smallest absolute Gasteiger partial charge is 0.0547 e. The van der Waals surface area contributed by atoms with Crippen LogP contribution in [0.1, 0.15) is 0 Å². The van der Waals surface area contributed by atoms with E-state index in [2.05, 4.69) is 216 Å². The Morgan fingerprint density at radius 3 is 1.82 bits per heavy atom. The van der Waals surface area contributed by atoms with Gasteiger partial charge in [-0.15, -0.1) is 11.3 Å². The van der Waals surface area contributed by atoms with Gasteiger partial charge in [-0.25, -0.2) is 0 Å². The van der Waals surface area contributed by atoms with Gasteiger partial charge in [0.1, 0.15) is 0 Å². The van der Waals surface area contributed by atoms with E-state index in [1.54, 1.807) is 0 Å². The predicted octanol–water partition coefficient (Wildman–Crippen LogP) is 15.1. The van der Waals surface area contributed by atoms with E-state index in [0.717, 1.165) is 17.1 Å². The Hall–Kier alpha value is -6.94. The van der Waals surface area contributed by atoms with Gasteiger partial charge in [0, 0.05) is 53.7 Å². The van der Waals surface area contributed by atoms with E-state index < -0.39 is 0 Å². The molecule has 0 fully saturated rings. The summed E-state index contributed by atoms with van der Waals surface area (Å²) in [5.74, 6) is 0. The van der Waals surface area contributed by atoms with Gasteiger partial charge in [-0.05, 0) is 106 Å². The lowest BCUT2D eigenvalue weighted by Crippen LogP contribution is -2.09. The molecule has 11 rings (SSSR count). The lowest BCUT2D eigenvalue weighted by molar-refractivity contribution is 1.19. The highest BCUT2D eigenvalue weighted by molar-refractivity contribution is 7.25. The summed E-state index contributed by atoms with van der Waals surface area (Å²) >= 11 is 1.86. The lowest BCUT2D eigenvalue weighted by atomic mass is 9.97. The summed E-state index contributed by atoms with van der Waals surface area (Å²) in [7, 11) is 0. The Kier molecular flexibility index (Phi) is 7.39. The largest absolute Gasteiger partial charge is 0.310 e. The van der Waals surface area contributed by atoms with Gasteiger partial charge in [-0.1, -0.05) is 133 Å². The first-order valence-corrected chi connectivity index (χ1v) is 19.6. The van der Waals surface area contributed by atoms with Gasteiger partial charge >= 0.3 is 0 Å². The van der Waals surface area contributed by atoms with Crippen LogP contribution in [0.3, 0.4) is 0 Å². The fraction of sp³-hybridized carbons (Fsp3) is 0. The number of hydrogen-bond acceptors (Lipinski definition) is 2. The average Bonchev–Trinajstić information content (AvgIpc) is 3.79. The number of hydrogen-bond donors (Lipinski definition) is 0. The Bertz CT molecular complexity index is 3220. The second-order valence-electron chi connectivity index (χ2n) is 14.2. The first-order valence-electron chi connectivity index (χ1n) is 18.7. The van der Waals surface area contributed by atoms with Gasteiger partial charge in [-0.2, -0.15) is 0 Å². The third kappa shape index (κ3) is 5.40. The van der Waals surface area contributed by atoms with Crippen LogP contribution in [0.25, 0.3) is 80.7 Å². The summed E-state index contributed by atoms with van der Waals surface area (Å²) in [4.78, 5) is 2.37. The first-order chi connectivity index (χ1) is 27.2. The second kappa shape index (κ2) is 12.9. The maximum absolute atomic E-state index is 2.42. The van der Waals surface area contributed by atoms with Crippen LogP contribution < -0.4 is 4.90 Å². The number of thiophene rings is 1. The van der Waals surface area contributed by atoms with Crippen molar-refractivity contribution in [3.05, 3.63) is 206 Å². The molecule has 0 radical (unpaired) electrons. The molecule has 9 aromatic carbocycles. The van der Waals surface area contributed by atoms with E-state index in [0.29, 0.717) is 0 Å². The van der Waals surface area contributed by atoms with Gasteiger partial charge in [-0.3, -0.25) is 0 Å². The molecular formula is C52H34N2S. The van der Waals surface area contributed by atoms with E-state index in [4.69, 9.17) is 0 Å². The van der Waals surface area contributed by atoms with Gasteiger partial charge in [0.15, 0.2) is 0 Å². The molecule has 0 saturated heterocycles. The Balaban J connectivity index is 1.01. The van der Waals surface area contributed by atoms with Crippen molar-refractivity contribution in [2.45, 2.75) is 0 Å². The summed E-state index contributed by atoms with van der Waals surface area (Å²) < 4.78 is 5.03. The van der Waals surface area contributed by atoms with Gasteiger partial charge in [0.25, 0.3) is 0 Å². The van der Waals surface area contributed by atoms with Crippen molar-refractivity contribution in [3.8, 4) is 27.9 Å². The van der Waals surface area contributed by atoms with Crippen molar-refractivity contribution in [3.63, 3.8) is 0 Å². The Morgan fingerprint density at radius 1 is 0.327 bits per heavy atom. The molecule has 0 amide bonds. The average molecular weight is 719 g/mol. The summed E-state index contributed by atoms with van der Waals surface area (Å²) in [6.07, 6.45) is 0.